The first-order valence-electron chi connectivity index (χ1n) is 6.82. The van der Waals surface area contributed by atoms with Crippen LogP contribution in [0.4, 0.5) is 0 Å². The zero-order valence-electron chi connectivity index (χ0n) is 12.1. The van der Waals surface area contributed by atoms with Gasteiger partial charge >= 0.3 is 0 Å². The first kappa shape index (κ1) is 16.7. The molecule has 0 radical (unpaired) electrons. The van der Waals surface area contributed by atoms with Crippen molar-refractivity contribution in [2.75, 3.05) is 0 Å². The van der Waals surface area contributed by atoms with Crippen molar-refractivity contribution in [3.05, 3.63) is 69.6 Å². The van der Waals surface area contributed by atoms with Gasteiger partial charge in [-0.1, -0.05) is 47.7 Å². The standard InChI is InChI=1S/C17H10ClNO3S2/c18-12-5-3-11(4-6-12)15(21)19-16(22)14(24-17(19)23)9-10-1-7-13(20)8-2-10/h1-9,20H. The van der Waals surface area contributed by atoms with Gasteiger partial charge in [0, 0.05) is 10.6 Å². The zero-order valence-corrected chi connectivity index (χ0v) is 14.5. The van der Waals surface area contributed by atoms with E-state index in [4.69, 9.17) is 23.8 Å². The number of halogens is 1. The van der Waals surface area contributed by atoms with Crippen LogP contribution in [-0.4, -0.2) is 26.1 Å². The highest BCUT2D eigenvalue weighted by Crippen LogP contribution is 2.33. The van der Waals surface area contributed by atoms with Gasteiger partial charge in [-0.15, -0.1) is 0 Å². The largest absolute Gasteiger partial charge is 0.508 e. The molecule has 4 nitrogen and oxygen atoms in total. The van der Waals surface area contributed by atoms with Crippen molar-refractivity contribution in [2.24, 2.45) is 0 Å². The van der Waals surface area contributed by atoms with Gasteiger partial charge in [0.1, 0.15) is 5.75 Å². The highest BCUT2D eigenvalue weighted by molar-refractivity contribution is 8.26. The van der Waals surface area contributed by atoms with Crippen LogP contribution in [0.15, 0.2) is 53.4 Å². The van der Waals surface area contributed by atoms with Gasteiger partial charge in [0.15, 0.2) is 4.32 Å². The average Bonchev–Trinajstić information content (AvgIpc) is 2.83. The van der Waals surface area contributed by atoms with Gasteiger partial charge < -0.3 is 5.11 Å². The number of benzene rings is 2. The summed E-state index contributed by atoms with van der Waals surface area (Å²) in [7, 11) is 0. The molecule has 7 heteroatoms. The average molecular weight is 376 g/mol. The minimum absolute atomic E-state index is 0.137. The van der Waals surface area contributed by atoms with Gasteiger partial charge in [-0.3, -0.25) is 9.59 Å². The maximum absolute atomic E-state index is 12.5. The highest BCUT2D eigenvalue weighted by atomic mass is 35.5. The van der Waals surface area contributed by atoms with Crippen LogP contribution in [0.3, 0.4) is 0 Å². The van der Waals surface area contributed by atoms with Gasteiger partial charge in [-0.2, -0.15) is 0 Å². The van der Waals surface area contributed by atoms with Crippen molar-refractivity contribution < 1.29 is 14.7 Å². The Morgan fingerprint density at radius 2 is 1.75 bits per heavy atom. The molecule has 24 heavy (non-hydrogen) atoms. The molecule has 1 N–H and O–H groups in total. The first-order valence-corrected chi connectivity index (χ1v) is 8.43. The molecule has 1 heterocycles. The Bertz CT molecular complexity index is 860. The lowest BCUT2D eigenvalue weighted by Gasteiger charge is -2.12. The number of carbonyl (C=O) groups is 2. The van der Waals surface area contributed by atoms with Crippen LogP contribution in [-0.2, 0) is 4.79 Å². The van der Waals surface area contributed by atoms with Crippen molar-refractivity contribution in [1.29, 1.82) is 0 Å². The quantitative estimate of drug-likeness (QED) is 0.486. The van der Waals surface area contributed by atoms with Crippen LogP contribution >= 0.6 is 35.6 Å². The lowest BCUT2D eigenvalue weighted by Crippen LogP contribution is -2.34. The normalized spacial score (nSPS) is 16.0. The number of hydrogen-bond donors (Lipinski definition) is 1. The van der Waals surface area contributed by atoms with Crippen molar-refractivity contribution in [2.45, 2.75) is 0 Å². The summed E-state index contributed by atoms with van der Waals surface area (Å²) in [6, 6.07) is 12.6. The van der Waals surface area contributed by atoms with Gasteiger partial charge in [0.05, 0.1) is 4.91 Å². The number of phenolic OH excluding ortho intramolecular Hbond substituents is 1. The summed E-state index contributed by atoms with van der Waals surface area (Å²) in [6.07, 6.45) is 1.63. The Kier molecular flexibility index (Phi) is 4.71. The molecule has 120 valence electrons. The molecule has 2 aromatic rings. The van der Waals surface area contributed by atoms with Crippen LogP contribution < -0.4 is 0 Å². The third-order valence-electron chi connectivity index (χ3n) is 3.28. The van der Waals surface area contributed by atoms with Crippen LogP contribution in [0.2, 0.25) is 5.02 Å². The number of rotatable bonds is 2. The number of hydrogen-bond acceptors (Lipinski definition) is 5. The van der Waals surface area contributed by atoms with E-state index in [1.807, 2.05) is 0 Å². The first-order chi connectivity index (χ1) is 11.5. The van der Waals surface area contributed by atoms with Crippen LogP contribution in [0.5, 0.6) is 5.75 Å². The van der Waals surface area contributed by atoms with E-state index in [0.29, 0.717) is 15.5 Å². The number of phenols is 1. The summed E-state index contributed by atoms with van der Waals surface area (Å²) in [6.45, 7) is 0. The molecule has 3 rings (SSSR count). The van der Waals surface area contributed by atoms with Gasteiger partial charge in [-0.25, -0.2) is 4.90 Å². The van der Waals surface area contributed by atoms with Gasteiger partial charge in [0.2, 0.25) is 0 Å². The molecule has 0 atom stereocenters. The highest BCUT2D eigenvalue weighted by Gasteiger charge is 2.37. The molecule has 0 unspecified atom stereocenters. The van der Waals surface area contributed by atoms with E-state index >= 15 is 0 Å². The predicted molar refractivity (Wildman–Crippen MR) is 98.9 cm³/mol. The molecule has 2 aromatic carbocycles. The topological polar surface area (TPSA) is 57.6 Å². The Balaban J connectivity index is 1.87. The molecule has 1 aliphatic rings. The Morgan fingerprint density at radius 1 is 1.12 bits per heavy atom. The summed E-state index contributed by atoms with van der Waals surface area (Å²) >= 11 is 12.0. The molecule has 0 aromatic heterocycles. The monoisotopic (exact) mass is 375 g/mol. The fraction of sp³-hybridized carbons (Fsp3) is 0. The zero-order chi connectivity index (χ0) is 17.3. The minimum atomic E-state index is -0.483. The Hall–Kier alpha value is -2.15. The molecule has 0 aliphatic carbocycles. The third-order valence-corrected chi connectivity index (χ3v) is 4.83. The Labute approximate surface area is 152 Å². The van der Waals surface area contributed by atoms with E-state index in [2.05, 4.69) is 0 Å². The molecule has 0 saturated carbocycles. The molecule has 2 amide bonds. The molecule has 1 saturated heterocycles. The second kappa shape index (κ2) is 6.76. The second-order valence-corrected chi connectivity index (χ2v) is 7.03. The van der Waals surface area contributed by atoms with E-state index in [9.17, 15) is 14.7 Å². The molecule has 1 fully saturated rings. The van der Waals surface area contributed by atoms with Crippen molar-refractivity contribution in [1.82, 2.24) is 4.90 Å². The van der Waals surface area contributed by atoms with E-state index in [0.717, 1.165) is 22.2 Å². The maximum Gasteiger partial charge on any atom is 0.273 e. The smallest absolute Gasteiger partial charge is 0.273 e. The summed E-state index contributed by atoms with van der Waals surface area (Å²) in [4.78, 5) is 26.4. The van der Waals surface area contributed by atoms with Crippen molar-refractivity contribution >= 4 is 57.8 Å². The van der Waals surface area contributed by atoms with Crippen LogP contribution in [0, 0.1) is 0 Å². The van der Waals surface area contributed by atoms with Crippen LogP contribution in [0.25, 0.3) is 6.08 Å². The summed E-state index contributed by atoms with van der Waals surface area (Å²) in [5.41, 5.74) is 1.06. The predicted octanol–water partition coefficient (Wildman–Crippen LogP) is 4.09. The molecular weight excluding hydrogens is 366 g/mol. The van der Waals surface area contributed by atoms with Crippen molar-refractivity contribution in [3.63, 3.8) is 0 Å². The number of imide groups is 1. The van der Waals surface area contributed by atoms with E-state index < -0.39 is 11.8 Å². The van der Waals surface area contributed by atoms with Crippen LogP contribution in [0.1, 0.15) is 15.9 Å². The fourth-order valence-corrected chi connectivity index (χ4v) is 3.47. The maximum atomic E-state index is 12.5. The third kappa shape index (κ3) is 3.36. The number of thiocarbonyl (C=S) groups is 1. The molecule has 0 bridgehead atoms. The fourth-order valence-electron chi connectivity index (χ4n) is 2.09. The van der Waals surface area contributed by atoms with Gasteiger partial charge in [0.25, 0.3) is 11.8 Å². The van der Waals surface area contributed by atoms with E-state index in [-0.39, 0.29) is 10.1 Å². The number of thioether (sulfide) groups is 1. The lowest BCUT2D eigenvalue weighted by atomic mass is 10.2. The van der Waals surface area contributed by atoms with Crippen molar-refractivity contribution in [3.8, 4) is 5.75 Å². The SMILES string of the molecule is O=C1C(=Cc2ccc(O)cc2)SC(=S)N1C(=O)c1ccc(Cl)cc1. The summed E-state index contributed by atoms with van der Waals surface area (Å²) < 4.78 is 0.185. The summed E-state index contributed by atoms with van der Waals surface area (Å²) in [5, 5.41) is 9.80. The number of amides is 2. The van der Waals surface area contributed by atoms with E-state index in [1.54, 1.807) is 42.5 Å². The second-order valence-electron chi connectivity index (χ2n) is 4.92. The molecular formula is C17H10ClNO3S2. The van der Waals surface area contributed by atoms with Gasteiger partial charge in [-0.05, 0) is 48.0 Å². The number of carbonyl (C=O) groups excluding carboxylic acids is 2. The minimum Gasteiger partial charge on any atom is -0.508 e. The number of nitrogens with zero attached hydrogens (tertiary/aromatic N) is 1. The number of aromatic hydroxyl groups is 1. The summed E-state index contributed by atoms with van der Waals surface area (Å²) in [5.74, 6) is -0.807. The van der Waals surface area contributed by atoms with E-state index in [1.165, 1.54) is 12.1 Å². The Morgan fingerprint density at radius 3 is 2.38 bits per heavy atom. The molecule has 1 aliphatic heterocycles. The molecule has 0 spiro atoms. The lowest BCUT2D eigenvalue weighted by molar-refractivity contribution is -0.120.